The molecule has 1 saturated carbocycles. The van der Waals surface area contributed by atoms with Gasteiger partial charge in [-0.2, -0.15) is 4.39 Å². The molecule has 3 saturated heterocycles. The van der Waals surface area contributed by atoms with Gasteiger partial charge >= 0.3 is 12.1 Å². The predicted molar refractivity (Wildman–Crippen MR) is 144 cm³/mol. The standard InChI is InChI=1S/C30H32FN3O7/c31-30(19-38-17-22(30)26(35)39-16-20-4-2-1-3-5-20)41-24-7-6-23-25(33-24)21(9-15-32-23)8-10-29-13-11-28(12-14-29,18-40-29)34-27(36)37/h1-7,9,15,22,34H,8,10-14,16-19H2,(H,36,37)/t22-,28?,29?,30-/m0/s1. The van der Waals surface area contributed by atoms with Crippen LogP contribution < -0.4 is 10.1 Å². The van der Waals surface area contributed by atoms with Crippen LogP contribution in [0.3, 0.4) is 0 Å². The molecule has 3 aliphatic heterocycles. The number of carboxylic acid groups (broad SMARTS) is 1. The number of nitrogens with zero attached hydrogens (tertiary/aromatic N) is 2. The van der Waals surface area contributed by atoms with Crippen LogP contribution in [0.5, 0.6) is 5.88 Å². The van der Waals surface area contributed by atoms with Gasteiger partial charge in [-0.3, -0.25) is 9.78 Å². The van der Waals surface area contributed by atoms with Crippen molar-refractivity contribution in [2.75, 3.05) is 19.8 Å². The third-order valence-corrected chi connectivity index (χ3v) is 8.52. The molecule has 10 nitrogen and oxygen atoms in total. The largest absolute Gasteiger partial charge is 0.465 e. The number of alkyl halides is 1. The Balaban J connectivity index is 1.13. The lowest BCUT2D eigenvalue weighted by Crippen LogP contribution is -2.62. The molecule has 41 heavy (non-hydrogen) atoms. The van der Waals surface area contributed by atoms with Crippen LogP contribution in [0.2, 0.25) is 0 Å². The Morgan fingerprint density at radius 2 is 1.88 bits per heavy atom. The topological polar surface area (TPSA) is 129 Å². The SMILES string of the molecule is O=C(O)NC12CCC(CCc3ccnc4ccc(O[C@@]5(F)COC[C@H]5C(=O)OCc5ccccc5)nc34)(CC1)OC2. The Bertz CT molecular complexity index is 1410. The molecule has 2 bridgehead atoms. The minimum absolute atomic E-state index is 0.0230. The first-order valence-corrected chi connectivity index (χ1v) is 13.8. The van der Waals surface area contributed by atoms with Gasteiger partial charge in [0.25, 0.3) is 5.85 Å². The summed E-state index contributed by atoms with van der Waals surface area (Å²) in [5.41, 5.74) is 2.12. The highest BCUT2D eigenvalue weighted by Crippen LogP contribution is 2.46. The van der Waals surface area contributed by atoms with Gasteiger partial charge in [0.1, 0.15) is 13.2 Å². The van der Waals surface area contributed by atoms with Gasteiger partial charge in [0, 0.05) is 12.3 Å². The second kappa shape index (κ2) is 10.9. The minimum Gasteiger partial charge on any atom is -0.465 e. The third-order valence-electron chi connectivity index (χ3n) is 8.52. The number of hydrogen-bond acceptors (Lipinski definition) is 8. The second-order valence-corrected chi connectivity index (χ2v) is 11.2. The van der Waals surface area contributed by atoms with Crippen molar-refractivity contribution < 1.29 is 38.0 Å². The number of nitrogens with one attached hydrogen (secondary N) is 1. The maximum absolute atomic E-state index is 16.0. The number of pyridine rings is 2. The van der Waals surface area contributed by atoms with Crippen LogP contribution in [-0.4, -0.2) is 64.0 Å². The van der Waals surface area contributed by atoms with Gasteiger partial charge in [-0.15, -0.1) is 0 Å². The molecule has 216 valence electrons. The van der Waals surface area contributed by atoms with E-state index in [-0.39, 0.29) is 24.7 Å². The van der Waals surface area contributed by atoms with E-state index in [1.807, 2.05) is 36.4 Å². The van der Waals surface area contributed by atoms with Crippen LogP contribution in [0.15, 0.2) is 54.7 Å². The van der Waals surface area contributed by atoms with Crippen molar-refractivity contribution in [3.8, 4) is 5.88 Å². The predicted octanol–water partition coefficient (Wildman–Crippen LogP) is 4.35. The molecular formula is C30H32FN3O7. The number of benzene rings is 1. The zero-order valence-electron chi connectivity index (χ0n) is 22.5. The zero-order chi connectivity index (χ0) is 28.5. The number of halogens is 1. The molecule has 4 fully saturated rings. The Morgan fingerprint density at radius 1 is 1.07 bits per heavy atom. The normalized spacial score (nSPS) is 28.9. The van der Waals surface area contributed by atoms with Crippen molar-refractivity contribution in [2.45, 2.75) is 62.1 Å². The lowest BCUT2D eigenvalue weighted by atomic mass is 9.69. The quantitative estimate of drug-likeness (QED) is 0.364. The number of carbonyl (C=O) groups excluding carboxylic acids is 1. The van der Waals surface area contributed by atoms with E-state index in [0.29, 0.717) is 24.1 Å². The Hall–Kier alpha value is -3.83. The molecule has 1 amide bonds. The third kappa shape index (κ3) is 5.69. The smallest absolute Gasteiger partial charge is 0.405 e. The number of carbonyl (C=O) groups is 2. The average molecular weight is 566 g/mol. The van der Waals surface area contributed by atoms with Crippen molar-refractivity contribution in [1.82, 2.24) is 15.3 Å². The van der Waals surface area contributed by atoms with Crippen LogP contribution in [-0.2, 0) is 32.0 Å². The fourth-order valence-corrected chi connectivity index (χ4v) is 6.04. The number of esters is 1. The number of hydrogen-bond donors (Lipinski definition) is 2. The highest BCUT2D eigenvalue weighted by molar-refractivity contribution is 5.78. The van der Waals surface area contributed by atoms with E-state index in [0.717, 1.165) is 43.2 Å². The fraction of sp³-hybridized carbons (Fsp3) is 0.467. The maximum atomic E-state index is 16.0. The number of amides is 1. The van der Waals surface area contributed by atoms with Crippen molar-refractivity contribution in [1.29, 1.82) is 0 Å². The van der Waals surface area contributed by atoms with E-state index in [4.69, 9.17) is 18.9 Å². The summed E-state index contributed by atoms with van der Waals surface area (Å²) < 4.78 is 38.5. The van der Waals surface area contributed by atoms with Crippen molar-refractivity contribution in [2.24, 2.45) is 5.92 Å². The molecule has 11 heteroatoms. The van der Waals surface area contributed by atoms with Crippen LogP contribution in [0.4, 0.5) is 9.18 Å². The molecule has 0 radical (unpaired) electrons. The summed E-state index contributed by atoms with van der Waals surface area (Å²) in [6.07, 6.45) is 5.08. The summed E-state index contributed by atoms with van der Waals surface area (Å²) in [5, 5.41) is 11.8. The molecule has 7 rings (SSSR count). The second-order valence-electron chi connectivity index (χ2n) is 11.2. The molecule has 5 heterocycles. The fourth-order valence-electron chi connectivity index (χ4n) is 6.04. The summed E-state index contributed by atoms with van der Waals surface area (Å²) in [7, 11) is 0. The first kappa shape index (κ1) is 27.3. The molecule has 3 aromatic rings. The molecule has 2 N–H and O–H groups in total. The van der Waals surface area contributed by atoms with Crippen LogP contribution in [0.25, 0.3) is 11.0 Å². The van der Waals surface area contributed by atoms with Gasteiger partial charge in [-0.05, 0) is 61.8 Å². The number of aryl methyl sites for hydroxylation is 1. The number of fused-ring (bicyclic) bond motifs is 4. The number of ether oxygens (including phenoxy) is 4. The molecule has 2 atom stereocenters. The van der Waals surface area contributed by atoms with Crippen molar-refractivity contribution in [3.05, 3.63) is 65.9 Å². The van der Waals surface area contributed by atoms with Gasteiger partial charge in [0.05, 0.1) is 35.4 Å². The molecule has 1 aromatic carbocycles. The lowest BCUT2D eigenvalue weighted by Gasteiger charge is -2.53. The minimum atomic E-state index is -2.43. The van der Waals surface area contributed by atoms with E-state index in [1.54, 1.807) is 12.3 Å². The highest BCUT2D eigenvalue weighted by Gasteiger charge is 2.53. The molecule has 0 spiro atoms. The summed E-state index contributed by atoms with van der Waals surface area (Å²) in [4.78, 5) is 33.0. The van der Waals surface area contributed by atoms with E-state index in [2.05, 4.69) is 15.3 Å². The van der Waals surface area contributed by atoms with Gasteiger partial charge in [-0.1, -0.05) is 30.3 Å². The highest BCUT2D eigenvalue weighted by atomic mass is 19.2. The molecule has 0 unspecified atom stereocenters. The molecule has 4 aliphatic rings. The van der Waals surface area contributed by atoms with Gasteiger partial charge in [0.15, 0.2) is 5.92 Å². The van der Waals surface area contributed by atoms with E-state index in [1.165, 1.54) is 6.07 Å². The molecular weight excluding hydrogens is 533 g/mol. The zero-order valence-corrected chi connectivity index (χ0v) is 22.5. The van der Waals surface area contributed by atoms with Crippen LogP contribution in [0.1, 0.15) is 43.2 Å². The van der Waals surface area contributed by atoms with E-state index in [9.17, 15) is 14.7 Å². The van der Waals surface area contributed by atoms with Gasteiger partial charge in [0.2, 0.25) is 5.88 Å². The Morgan fingerprint density at radius 3 is 2.61 bits per heavy atom. The van der Waals surface area contributed by atoms with E-state index >= 15 is 4.39 Å². The average Bonchev–Trinajstić information content (AvgIpc) is 3.36. The number of rotatable bonds is 9. The van der Waals surface area contributed by atoms with Crippen molar-refractivity contribution >= 4 is 23.1 Å². The lowest BCUT2D eigenvalue weighted by molar-refractivity contribution is -0.165. The Kier molecular flexibility index (Phi) is 7.25. The summed E-state index contributed by atoms with van der Waals surface area (Å²) in [5.74, 6) is -4.40. The monoisotopic (exact) mass is 565 g/mol. The van der Waals surface area contributed by atoms with Crippen LogP contribution in [0, 0.1) is 5.92 Å². The summed E-state index contributed by atoms with van der Waals surface area (Å²) >= 11 is 0. The van der Waals surface area contributed by atoms with E-state index < -0.39 is 36.0 Å². The summed E-state index contributed by atoms with van der Waals surface area (Å²) in [6.45, 7) is -0.189. The first-order chi connectivity index (χ1) is 19.8. The summed E-state index contributed by atoms with van der Waals surface area (Å²) in [6, 6.07) is 14.3. The van der Waals surface area contributed by atoms with Crippen molar-refractivity contribution in [3.63, 3.8) is 0 Å². The molecule has 2 aromatic heterocycles. The van der Waals surface area contributed by atoms with Crippen LogP contribution >= 0.6 is 0 Å². The first-order valence-electron chi connectivity index (χ1n) is 13.8. The Labute approximate surface area is 236 Å². The molecule has 1 aliphatic carbocycles. The maximum Gasteiger partial charge on any atom is 0.405 e. The van der Waals surface area contributed by atoms with Gasteiger partial charge < -0.3 is 29.4 Å². The van der Waals surface area contributed by atoms with Gasteiger partial charge in [-0.25, -0.2) is 9.78 Å². The number of aromatic nitrogens is 2.